The van der Waals surface area contributed by atoms with Crippen LogP contribution < -0.4 is 11.1 Å². The normalized spacial score (nSPS) is 13.1. The first kappa shape index (κ1) is 12.6. The number of imidazole rings is 1. The molecule has 5 N–H and O–H groups in total. The predicted octanol–water partition coefficient (Wildman–Crippen LogP) is 0.754. The number of nitrogen functional groups attached to an aromatic ring is 1. The summed E-state index contributed by atoms with van der Waals surface area (Å²) in [5, 5.41) is 12.9. The van der Waals surface area contributed by atoms with Crippen LogP contribution in [0.1, 0.15) is 20.3 Å². The topological polar surface area (TPSA) is 113 Å². The number of nitrogens with one attached hydrogen (secondary N) is 2. The SMILES string of the molecule is CC(C)CC(O)CNc1nc(N)nc2nc[nH]c12. The first-order valence-electron chi connectivity index (χ1n) is 5.94. The number of hydrogen-bond acceptors (Lipinski definition) is 6. The van der Waals surface area contributed by atoms with Gasteiger partial charge in [-0.2, -0.15) is 9.97 Å². The Hall–Kier alpha value is -1.89. The number of nitrogens with two attached hydrogens (primary N) is 1. The van der Waals surface area contributed by atoms with Crippen molar-refractivity contribution in [2.45, 2.75) is 26.4 Å². The Balaban J connectivity index is 2.09. The summed E-state index contributed by atoms with van der Waals surface area (Å²) >= 11 is 0. The van der Waals surface area contributed by atoms with Gasteiger partial charge in [0.25, 0.3) is 0 Å². The van der Waals surface area contributed by atoms with Crippen LogP contribution in [-0.2, 0) is 0 Å². The highest BCUT2D eigenvalue weighted by Crippen LogP contribution is 2.17. The highest BCUT2D eigenvalue weighted by Gasteiger charge is 2.11. The second-order valence-corrected chi connectivity index (χ2v) is 4.70. The standard InChI is InChI=1S/C11H18N6O/c1-6(2)3-7(18)4-13-9-8-10(15-5-14-8)17-11(12)16-9/h5-7,18H,3-4H2,1-2H3,(H4,12,13,14,15,16,17). The van der Waals surface area contributed by atoms with E-state index < -0.39 is 6.10 Å². The lowest BCUT2D eigenvalue weighted by Gasteiger charge is -2.14. The van der Waals surface area contributed by atoms with Gasteiger partial charge >= 0.3 is 0 Å². The molecule has 18 heavy (non-hydrogen) atoms. The second-order valence-electron chi connectivity index (χ2n) is 4.70. The third-order valence-electron chi connectivity index (χ3n) is 2.55. The van der Waals surface area contributed by atoms with E-state index in [1.165, 1.54) is 6.33 Å². The van der Waals surface area contributed by atoms with Crippen molar-refractivity contribution in [3.05, 3.63) is 6.33 Å². The fraction of sp³-hybridized carbons (Fsp3) is 0.545. The average molecular weight is 250 g/mol. The molecular weight excluding hydrogens is 232 g/mol. The summed E-state index contributed by atoms with van der Waals surface area (Å²) in [6, 6.07) is 0. The maximum Gasteiger partial charge on any atom is 0.224 e. The summed E-state index contributed by atoms with van der Waals surface area (Å²) < 4.78 is 0. The molecule has 7 heteroatoms. The molecule has 2 aromatic heterocycles. The van der Waals surface area contributed by atoms with Gasteiger partial charge in [0.1, 0.15) is 5.52 Å². The second kappa shape index (κ2) is 5.18. The average Bonchev–Trinajstić information content (AvgIpc) is 2.72. The smallest absolute Gasteiger partial charge is 0.224 e. The summed E-state index contributed by atoms with van der Waals surface area (Å²) in [6.45, 7) is 4.56. The number of hydrogen-bond donors (Lipinski definition) is 4. The van der Waals surface area contributed by atoms with Gasteiger partial charge in [-0.15, -0.1) is 0 Å². The Bertz CT molecular complexity index is 523. The number of aliphatic hydroxyl groups excluding tert-OH is 1. The van der Waals surface area contributed by atoms with Gasteiger partial charge in [-0.1, -0.05) is 13.8 Å². The Kier molecular flexibility index (Phi) is 3.61. The molecule has 0 aromatic carbocycles. The molecule has 7 nitrogen and oxygen atoms in total. The zero-order chi connectivity index (χ0) is 13.1. The van der Waals surface area contributed by atoms with Crippen molar-refractivity contribution in [2.75, 3.05) is 17.6 Å². The lowest BCUT2D eigenvalue weighted by molar-refractivity contribution is 0.161. The Morgan fingerprint density at radius 3 is 2.94 bits per heavy atom. The minimum atomic E-state index is -0.417. The summed E-state index contributed by atoms with van der Waals surface area (Å²) in [5.74, 6) is 1.18. The molecule has 0 bridgehead atoms. The van der Waals surface area contributed by atoms with E-state index in [4.69, 9.17) is 5.73 Å². The number of anilines is 2. The summed E-state index contributed by atoms with van der Waals surface area (Å²) in [4.78, 5) is 15.1. The molecule has 0 amide bonds. The zero-order valence-corrected chi connectivity index (χ0v) is 10.5. The third-order valence-corrected chi connectivity index (χ3v) is 2.55. The molecular formula is C11H18N6O. The van der Waals surface area contributed by atoms with E-state index in [1.807, 2.05) is 0 Å². The van der Waals surface area contributed by atoms with Crippen LogP contribution in [0.25, 0.3) is 11.2 Å². The van der Waals surface area contributed by atoms with E-state index in [0.29, 0.717) is 29.4 Å². The highest BCUT2D eigenvalue weighted by molar-refractivity contribution is 5.83. The maximum atomic E-state index is 9.81. The van der Waals surface area contributed by atoms with Gasteiger partial charge in [-0.25, -0.2) is 4.98 Å². The van der Waals surface area contributed by atoms with Crippen molar-refractivity contribution in [1.29, 1.82) is 0 Å². The van der Waals surface area contributed by atoms with Gasteiger partial charge in [-0.05, 0) is 12.3 Å². The number of aromatic nitrogens is 4. The predicted molar refractivity (Wildman–Crippen MR) is 70.0 cm³/mol. The third kappa shape index (κ3) is 2.86. The molecule has 0 aliphatic rings. The fourth-order valence-corrected chi connectivity index (χ4v) is 1.82. The molecule has 0 fully saturated rings. The van der Waals surface area contributed by atoms with Crippen LogP contribution in [0.2, 0.25) is 0 Å². The number of H-pyrrole nitrogens is 1. The van der Waals surface area contributed by atoms with E-state index in [2.05, 4.69) is 39.1 Å². The van der Waals surface area contributed by atoms with Crippen molar-refractivity contribution < 1.29 is 5.11 Å². The molecule has 0 aliphatic carbocycles. The van der Waals surface area contributed by atoms with Crippen LogP contribution in [-0.4, -0.2) is 37.7 Å². The van der Waals surface area contributed by atoms with E-state index in [9.17, 15) is 5.11 Å². The van der Waals surface area contributed by atoms with Gasteiger partial charge < -0.3 is 21.1 Å². The van der Waals surface area contributed by atoms with E-state index >= 15 is 0 Å². The van der Waals surface area contributed by atoms with E-state index in [0.717, 1.165) is 6.42 Å². The minimum Gasteiger partial charge on any atom is -0.391 e. The summed E-state index contributed by atoms with van der Waals surface area (Å²) in [7, 11) is 0. The van der Waals surface area contributed by atoms with E-state index in [-0.39, 0.29) is 5.95 Å². The molecule has 0 radical (unpaired) electrons. The highest BCUT2D eigenvalue weighted by atomic mass is 16.3. The van der Waals surface area contributed by atoms with Crippen LogP contribution in [0.5, 0.6) is 0 Å². The fourth-order valence-electron chi connectivity index (χ4n) is 1.82. The van der Waals surface area contributed by atoms with Gasteiger partial charge in [0.05, 0.1) is 12.4 Å². The first-order valence-corrected chi connectivity index (χ1v) is 5.94. The van der Waals surface area contributed by atoms with Gasteiger partial charge in [0, 0.05) is 6.54 Å². The largest absolute Gasteiger partial charge is 0.391 e. The molecule has 0 saturated carbocycles. The number of rotatable bonds is 5. The van der Waals surface area contributed by atoms with Crippen LogP contribution in [0.15, 0.2) is 6.33 Å². The number of aromatic amines is 1. The maximum absolute atomic E-state index is 9.81. The summed E-state index contributed by atoms with van der Waals surface area (Å²) in [5.41, 5.74) is 6.80. The minimum absolute atomic E-state index is 0.162. The van der Waals surface area contributed by atoms with Crippen molar-refractivity contribution in [3.8, 4) is 0 Å². The van der Waals surface area contributed by atoms with Gasteiger partial charge in [-0.3, -0.25) is 0 Å². The first-order chi connectivity index (χ1) is 8.56. The zero-order valence-electron chi connectivity index (χ0n) is 10.5. The van der Waals surface area contributed by atoms with Crippen molar-refractivity contribution >= 4 is 22.9 Å². The number of fused-ring (bicyclic) bond motifs is 1. The molecule has 2 rings (SSSR count). The number of nitrogens with zero attached hydrogens (tertiary/aromatic N) is 3. The molecule has 0 aliphatic heterocycles. The van der Waals surface area contributed by atoms with Crippen molar-refractivity contribution in [1.82, 2.24) is 19.9 Å². The van der Waals surface area contributed by atoms with Gasteiger partial charge in [0.15, 0.2) is 11.5 Å². The summed E-state index contributed by atoms with van der Waals surface area (Å²) in [6.07, 6.45) is 1.85. The van der Waals surface area contributed by atoms with Crippen LogP contribution in [0.3, 0.4) is 0 Å². The molecule has 98 valence electrons. The molecule has 2 heterocycles. The molecule has 1 atom stereocenters. The number of aliphatic hydroxyl groups is 1. The Morgan fingerprint density at radius 2 is 2.22 bits per heavy atom. The molecule has 1 unspecified atom stereocenters. The monoisotopic (exact) mass is 250 g/mol. The van der Waals surface area contributed by atoms with Crippen LogP contribution in [0.4, 0.5) is 11.8 Å². The lowest BCUT2D eigenvalue weighted by Crippen LogP contribution is -2.22. The van der Waals surface area contributed by atoms with Crippen molar-refractivity contribution in [2.24, 2.45) is 5.92 Å². The molecule has 0 spiro atoms. The van der Waals surface area contributed by atoms with Crippen LogP contribution >= 0.6 is 0 Å². The van der Waals surface area contributed by atoms with Crippen LogP contribution in [0, 0.1) is 5.92 Å². The quantitative estimate of drug-likeness (QED) is 0.623. The lowest BCUT2D eigenvalue weighted by atomic mass is 10.1. The Labute approximate surface area is 105 Å². The van der Waals surface area contributed by atoms with Crippen molar-refractivity contribution in [3.63, 3.8) is 0 Å². The molecule has 0 saturated heterocycles. The molecule has 2 aromatic rings. The Morgan fingerprint density at radius 1 is 1.44 bits per heavy atom. The van der Waals surface area contributed by atoms with Gasteiger partial charge in [0.2, 0.25) is 5.95 Å². The van der Waals surface area contributed by atoms with E-state index in [1.54, 1.807) is 0 Å².